The van der Waals surface area contributed by atoms with Crippen LogP contribution in [0.1, 0.15) is 5.56 Å². The molecule has 0 amide bonds. The molecule has 0 radical (unpaired) electrons. The van der Waals surface area contributed by atoms with Gasteiger partial charge >= 0.3 is 0 Å². The summed E-state index contributed by atoms with van der Waals surface area (Å²) in [7, 11) is 1.61. The number of para-hydroxylation sites is 1. The van der Waals surface area contributed by atoms with Gasteiger partial charge in [-0.3, -0.25) is 0 Å². The van der Waals surface area contributed by atoms with E-state index >= 15 is 0 Å². The number of hydrogen-bond acceptors (Lipinski definition) is 7. The average molecular weight is 318 g/mol. The largest absolute Gasteiger partial charge is 0.497 e. The fraction of sp³-hybridized carbons (Fsp3) is 0.0588. The van der Waals surface area contributed by atoms with Crippen LogP contribution in [0.4, 0.5) is 23.1 Å². The van der Waals surface area contributed by atoms with Crippen LogP contribution >= 0.6 is 0 Å². The highest BCUT2D eigenvalue weighted by atomic mass is 16.5. The van der Waals surface area contributed by atoms with Crippen LogP contribution in [0.25, 0.3) is 0 Å². The summed E-state index contributed by atoms with van der Waals surface area (Å²) >= 11 is 0. The van der Waals surface area contributed by atoms with Crippen LogP contribution in [0.15, 0.2) is 54.7 Å². The minimum atomic E-state index is 0.336. The Morgan fingerprint density at radius 2 is 1.96 bits per heavy atom. The summed E-state index contributed by atoms with van der Waals surface area (Å²) in [5.41, 5.74) is 1.97. The van der Waals surface area contributed by atoms with Gasteiger partial charge in [0.15, 0.2) is 5.82 Å². The second-order valence-corrected chi connectivity index (χ2v) is 4.80. The second-order valence-electron chi connectivity index (χ2n) is 4.80. The summed E-state index contributed by atoms with van der Waals surface area (Å²) in [5, 5.41) is 23.1. The zero-order valence-corrected chi connectivity index (χ0v) is 12.9. The van der Waals surface area contributed by atoms with Gasteiger partial charge in [0.1, 0.15) is 11.8 Å². The molecule has 2 aromatic carbocycles. The molecule has 0 aliphatic rings. The molecular weight excluding hydrogens is 304 g/mol. The maximum absolute atomic E-state index is 9.13. The lowest BCUT2D eigenvalue weighted by atomic mass is 10.2. The number of ether oxygens (including phenoxy) is 1. The van der Waals surface area contributed by atoms with Crippen LogP contribution in [0.3, 0.4) is 0 Å². The van der Waals surface area contributed by atoms with E-state index in [1.807, 2.05) is 30.3 Å². The molecular formula is C17H14N6O. The molecule has 0 atom stereocenters. The minimum absolute atomic E-state index is 0.336. The number of anilines is 4. The molecule has 0 bridgehead atoms. The molecule has 1 aromatic heterocycles. The molecule has 0 aliphatic heterocycles. The van der Waals surface area contributed by atoms with E-state index in [1.165, 1.54) is 6.20 Å². The first kappa shape index (κ1) is 15.2. The number of nitrogens with one attached hydrogen (secondary N) is 2. The molecule has 0 unspecified atom stereocenters. The van der Waals surface area contributed by atoms with Crippen LogP contribution in [-0.4, -0.2) is 22.3 Å². The van der Waals surface area contributed by atoms with Gasteiger partial charge in [0.25, 0.3) is 0 Å². The first-order chi connectivity index (χ1) is 11.8. The quantitative estimate of drug-likeness (QED) is 0.745. The van der Waals surface area contributed by atoms with Crippen molar-refractivity contribution in [1.82, 2.24) is 15.2 Å². The molecule has 7 nitrogen and oxygen atoms in total. The van der Waals surface area contributed by atoms with Crippen molar-refractivity contribution < 1.29 is 4.74 Å². The predicted octanol–water partition coefficient (Wildman–Crippen LogP) is 3.24. The van der Waals surface area contributed by atoms with Gasteiger partial charge in [-0.05, 0) is 24.3 Å². The number of rotatable bonds is 5. The van der Waals surface area contributed by atoms with E-state index < -0.39 is 0 Å². The Bertz CT molecular complexity index is 890. The maximum Gasteiger partial charge on any atom is 0.249 e. The van der Waals surface area contributed by atoms with Gasteiger partial charge in [-0.1, -0.05) is 18.2 Å². The smallest absolute Gasteiger partial charge is 0.249 e. The van der Waals surface area contributed by atoms with E-state index in [1.54, 1.807) is 25.3 Å². The third kappa shape index (κ3) is 3.56. The first-order valence-corrected chi connectivity index (χ1v) is 7.15. The molecule has 7 heteroatoms. The maximum atomic E-state index is 9.13. The fourth-order valence-electron chi connectivity index (χ4n) is 2.07. The van der Waals surface area contributed by atoms with Crippen LogP contribution in [-0.2, 0) is 0 Å². The Morgan fingerprint density at radius 1 is 1.08 bits per heavy atom. The van der Waals surface area contributed by atoms with Crippen molar-refractivity contribution in [2.24, 2.45) is 0 Å². The van der Waals surface area contributed by atoms with Gasteiger partial charge < -0.3 is 15.4 Å². The highest BCUT2D eigenvalue weighted by molar-refractivity contribution is 5.65. The number of nitriles is 1. The predicted molar refractivity (Wildman–Crippen MR) is 90.5 cm³/mol. The molecule has 0 fully saturated rings. The molecule has 0 saturated carbocycles. The lowest BCUT2D eigenvalue weighted by Gasteiger charge is -2.09. The average Bonchev–Trinajstić information content (AvgIpc) is 2.62. The number of benzene rings is 2. The lowest BCUT2D eigenvalue weighted by Crippen LogP contribution is -2.03. The van der Waals surface area contributed by atoms with Gasteiger partial charge in [0.2, 0.25) is 5.95 Å². The highest BCUT2D eigenvalue weighted by Crippen LogP contribution is 2.21. The van der Waals surface area contributed by atoms with E-state index in [2.05, 4.69) is 31.9 Å². The monoisotopic (exact) mass is 318 g/mol. The topological polar surface area (TPSA) is 95.8 Å². The second kappa shape index (κ2) is 7.07. The lowest BCUT2D eigenvalue weighted by molar-refractivity contribution is 0.415. The van der Waals surface area contributed by atoms with Gasteiger partial charge in [-0.25, -0.2) is 0 Å². The highest BCUT2D eigenvalue weighted by Gasteiger charge is 2.05. The molecule has 0 spiro atoms. The number of hydrogen-bond donors (Lipinski definition) is 2. The van der Waals surface area contributed by atoms with Crippen LogP contribution in [0, 0.1) is 11.3 Å². The van der Waals surface area contributed by atoms with Crippen LogP contribution < -0.4 is 15.4 Å². The van der Waals surface area contributed by atoms with Crippen molar-refractivity contribution in [3.05, 3.63) is 60.3 Å². The summed E-state index contributed by atoms with van der Waals surface area (Å²) in [6.07, 6.45) is 1.49. The SMILES string of the molecule is COc1cccc(Nc2nncc(Nc3ccccc3C#N)n2)c1. The zero-order chi connectivity index (χ0) is 16.8. The Balaban J connectivity index is 1.80. The molecule has 3 rings (SSSR count). The summed E-state index contributed by atoms with van der Waals surface area (Å²) in [4.78, 5) is 4.35. The summed E-state index contributed by atoms with van der Waals surface area (Å²) in [5.74, 6) is 1.55. The van der Waals surface area contributed by atoms with Crippen molar-refractivity contribution >= 4 is 23.1 Å². The van der Waals surface area contributed by atoms with E-state index in [-0.39, 0.29) is 0 Å². The number of nitrogens with zero attached hydrogens (tertiary/aromatic N) is 4. The van der Waals surface area contributed by atoms with Crippen LogP contribution in [0.2, 0.25) is 0 Å². The molecule has 0 aliphatic carbocycles. The summed E-state index contributed by atoms with van der Waals surface area (Å²) < 4.78 is 5.18. The van der Waals surface area contributed by atoms with Gasteiger partial charge in [0.05, 0.1) is 24.6 Å². The third-order valence-electron chi connectivity index (χ3n) is 3.19. The van der Waals surface area contributed by atoms with E-state index in [0.717, 1.165) is 11.4 Å². The Morgan fingerprint density at radius 3 is 2.79 bits per heavy atom. The molecule has 118 valence electrons. The first-order valence-electron chi connectivity index (χ1n) is 7.15. The third-order valence-corrected chi connectivity index (χ3v) is 3.19. The molecule has 1 heterocycles. The van der Waals surface area contributed by atoms with Gasteiger partial charge in [-0.15, -0.1) is 5.10 Å². The van der Waals surface area contributed by atoms with Crippen molar-refractivity contribution in [1.29, 1.82) is 5.26 Å². The minimum Gasteiger partial charge on any atom is -0.497 e. The number of aromatic nitrogens is 3. The Hall–Kier alpha value is -3.66. The fourth-order valence-corrected chi connectivity index (χ4v) is 2.07. The van der Waals surface area contributed by atoms with Gasteiger partial charge in [0, 0.05) is 11.8 Å². The van der Waals surface area contributed by atoms with Gasteiger partial charge in [-0.2, -0.15) is 15.3 Å². The van der Waals surface area contributed by atoms with E-state index in [0.29, 0.717) is 23.0 Å². The molecule has 3 aromatic rings. The molecule has 24 heavy (non-hydrogen) atoms. The van der Waals surface area contributed by atoms with Crippen LogP contribution in [0.5, 0.6) is 5.75 Å². The van der Waals surface area contributed by atoms with Crippen molar-refractivity contribution in [2.75, 3.05) is 17.7 Å². The van der Waals surface area contributed by atoms with E-state index in [4.69, 9.17) is 10.00 Å². The summed E-state index contributed by atoms with van der Waals surface area (Å²) in [6.45, 7) is 0. The normalized spacial score (nSPS) is 9.83. The zero-order valence-electron chi connectivity index (χ0n) is 12.9. The standard InChI is InChI=1S/C17H14N6O/c1-24-14-7-4-6-13(9-14)20-17-22-16(11-19-23-17)21-15-8-3-2-5-12(15)10-18/h2-9,11H,1H3,(H2,20,21,22,23). The van der Waals surface area contributed by atoms with Crippen molar-refractivity contribution in [3.63, 3.8) is 0 Å². The summed E-state index contributed by atoms with van der Waals surface area (Å²) in [6, 6.07) is 16.7. The van der Waals surface area contributed by atoms with Crippen molar-refractivity contribution in [3.8, 4) is 11.8 Å². The van der Waals surface area contributed by atoms with Crippen molar-refractivity contribution in [2.45, 2.75) is 0 Å². The Labute approximate surface area is 139 Å². The van der Waals surface area contributed by atoms with E-state index in [9.17, 15) is 0 Å². The number of methoxy groups -OCH3 is 1. The molecule has 0 saturated heterocycles. The Kier molecular flexibility index (Phi) is 4.49. The molecule has 2 N–H and O–H groups in total.